The van der Waals surface area contributed by atoms with Crippen LogP contribution >= 0.6 is 28.3 Å². The molecule has 2 aliphatic heterocycles. The molecule has 2 aromatic rings. The van der Waals surface area contributed by atoms with E-state index in [-0.39, 0.29) is 18.4 Å². The van der Waals surface area contributed by atoms with E-state index in [1.807, 2.05) is 31.2 Å². The molecule has 0 aliphatic carbocycles. The fourth-order valence-corrected chi connectivity index (χ4v) is 3.09. The van der Waals surface area contributed by atoms with E-state index in [0.29, 0.717) is 31.3 Å². The van der Waals surface area contributed by atoms with Crippen LogP contribution in [0, 0.1) is 0 Å². The van der Waals surface area contributed by atoms with Gasteiger partial charge in [-0.3, -0.25) is 14.8 Å². The number of aliphatic imine (C=N–C) groups is 1. The van der Waals surface area contributed by atoms with E-state index in [2.05, 4.69) is 30.9 Å². The van der Waals surface area contributed by atoms with Gasteiger partial charge in [0.25, 0.3) is 0 Å². The van der Waals surface area contributed by atoms with Crippen LogP contribution < -0.4 is 4.90 Å². The average Bonchev–Trinajstić information content (AvgIpc) is 3.15. The van der Waals surface area contributed by atoms with Gasteiger partial charge in [0.15, 0.2) is 11.7 Å². The Bertz CT molecular complexity index is 786. The number of anilines is 1. The fraction of sp³-hybridized carbons (Fsp3) is 0.267. The Morgan fingerprint density at radius 1 is 1.30 bits per heavy atom. The van der Waals surface area contributed by atoms with Gasteiger partial charge in [-0.2, -0.15) is 0 Å². The first-order valence-electron chi connectivity index (χ1n) is 7.19. The largest absolute Gasteiger partial charge is 0.334 e. The Kier molecular flexibility index (Phi) is 4.16. The van der Waals surface area contributed by atoms with E-state index in [1.54, 1.807) is 9.80 Å². The number of benzene rings is 1. The van der Waals surface area contributed by atoms with Crippen LogP contribution in [0.4, 0.5) is 10.6 Å². The maximum Gasteiger partial charge on any atom is 0.331 e. The number of hydrogen-bond acceptors (Lipinski definition) is 3. The van der Waals surface area contributed by atoms with Crippen LogP contribution in [0.2, 0.25) is 0 Å². The predicted octanol–water partition coefficient (Wildman–Crippen LogP) is 3.28. The van der Waals surface area contributed by atoms with E-state index >= 15 is 0 Å². The van der Waals surface area contributed by atoms with E-state index in [0.717, 1.165) is 21.6 Å². The monoisotopic (exact) mass is 395 g/mol. The van der Waals surface area contributed by atoms with Crippen LogP contribution in [0.25, 0.3) is 11.4 Å². The molecule has 0 unspecified atom stereocenters. The summed E-state index contributed by atoms with van der Waals surface area (Å²) in [4.78, 5) is 28.3. The third kappa shape index (κ3) is 2.44. The van der Waals surface area contributed by atoms with E-state index in [4.69, 9.17) is 0 Å². The highest BCUT2D eigenvalue weighted by Crippen LogP contribution is 2.31. The van der Waals surface area contributed by atoms with Gasteiger partial charge >= 0.3 is 6.03 Å². The molecule has 1 aromatic heterocycles. The molecule has 6 nitrogen and oxygen atoms in total. The maximum absolute atomic E-state index is 12.5. The third-order valence-electron chi connectivity index (χ3n) is 3.90. The number of aromatic nitrogens is 2. The van der Waals surface area contributed by atoms with Gasteiger partial charge in [-0.25, -0.2) is 9.78 Å². The SMILES string of the molecule is CCN1C(=O)N2CCN=C2c2[nH]c(-c3ccc(Br)cc3)nc21.Cl. The first-order chi connectivity index (χ1) is 10.7. The van der Waals surface area contributed by atoms with Crippen molar-refractivity contribution in [3.63, 3.8) is 0 Å². The number of halogens is 2. The highest BCUT2D eigenvalue weighted by Gasteiger charge is 2.39. The van der Waals surface area contributed by atoms with Crippen molar-refractivity contribution < 1.29 is 4.79 Å². The molecule has 0 saturated carbocycles. The molecule has 1 aromatic carbocycles. The Morgan fingerprint density at radius 2 is 2.04 bits per heavy atom. The standard InChI is InChI=1S/C15H14BrN5O.ClH/c1-2-20-14-11(13-17-7-8-21(13)15(20)22)18-12(19-14)9-3-5-10(16)6-4-9;/h3-6H,2,7-8H2,1H3,(H,18,19);1H. The van der Waals surface area contributed by atoms with Gasteiger partial charge in [0.05, 0.1) is 6.54 Å². The zero-order valence-electron chi connectivity index (χ0n) is 12.4. The summed E-state index contributed by atoms with van der Waals surface area (Å²) in [5.41, 5.74) is 1.81. The van der Waals surface area contributed by atoms with Gasteiger partial charge < -0.3 is 4.98 Å². The predicted molar refractivity (Wildman–Crippen MR) is 95.5 cm³/mol. The number of amidine groups is 1. The summed E-state index contributed by atoms with van der Waals surface area (Å²) < 4.78 is 1.02. The average molecular weight is 397 g/mol. The van der Waals surface area contributed by atoms with Crippen LogP contribution in [0.1, 0.15) is 12.6 Å². The van der Waals surface area contributed by atoms with Gasteiger partial charge in [-0.1, -0.05) is 28.1 Å². The highest BCUT2D eigenvalue weighted by atomic mass is 79.9. The summed E-state index contributed by atoms with van der Waals surface area (Å²) in [6.45, 7) is 3.82. The third-order valence-corrected chi connectivity index (χ3v) is 4.43. The summed E-state index contributed by atoms with van der Waals surface area (Å²) in [5, 5.41) is 0. The van der Waals surface area contributed by atoms with Crippen molar-refractivity contribution in [2.75, 3.05) is 24.5 Å². The van der Waals surface area contributed by atoms with Gasteiger partial charge in [-0.15, -0.1) is 12.4 Å². The van der Waals surface area contributed by atoms with Crippen molar-refractivity contribution >= 4 is 46.0 Å². The lowest BCUT2D eigenvalue weighted by Gasteiger charge is -2.31. The number of amides is 2. The number of carbonyl (C=O) groups is 1. The minimum absolute atomic E-state index is 0. The molecule has 2 amide bonds. The summed E-state index contributed by atoms with van der Waals surface area (Å²) in [6.07, 6.45) is 0. The Morgan fingerprint density at radius 3 is 2.74 bits per heavy atom. The van der Waals surface area contributed by atoms with Crippen LogP contribution in [0.5, 0.6) is 0 Å². The summed E-state index contributed by atoms with van der Waals surface area (Å²) >= 11 is 3.43. The van der Waals surface area contributed by atoms with Crippen molar-refractivity contribution in [3.05, 3.63) is 34.4 Å². The fourth-order valence-electron chi connectivity index (χ4n) is 2.83. The van der Waals surface area contributed by atoms with Crippen LogP contribution in [-0.4, -0.2) is 46.4 Å². The summed E-state index contributed by atoms with van der Waals surface area (Å²) in [6, 6.07) is 7.87. The van der Waals surface area contributed by atoms with Crippen molar-refractivity contribution in [3.8, 4) is 11.4 Å². The van der Waals surface area contributed by atoms with Gasteiger partial charge in [-0.05, 0) is 19.1 Å². The number of hydrogen-bond donors (Lipinski definition) is 1. The second kappa shape index (κ2) is 5.98. The number of H-pyrrole nitrogens is 1. The Hall–Kier alpha value is -1.86. The molecular weight excluding hydrogens is 382 g/mol. The molecule has 2 aliphatic rings. The second-order valence-corrected chi connectivity index (χ2v) is 6.09. The van der Waals surface area contributed by atoms with Crippen LogP contribution in [0.15, 0.2) is 33.7 Å². The minimum atomic E-state index is -0.0416. The van der Waals surface area contributed by atoms with E-state index in [9.17, 15) is 4.79 Å². The first kappa shape index (κ1) is 16.0. The number of nitrogens with zero attached hydrogens (tertiary/aromatic N) is 4. The van der Waals surface area contributed by atoms with Crippen LogP contribution in [0.3, 0.4) is 0 Å². The lowest BCUT2D eigenvalue weighted by Crippen LogP contribution is -2.49. The molecule has 8 heteroatoms. The van der Waals surface area contributed by atoms with Gasteiger partial charge in [0.2, 0.25) is 0 Å². The molecule has 3 heterocycles. The van der Waals surface area contributed by atoms with Gasteiger partial charge in [0.1, 0.15) is 11.5 Å². The summed E-state index contributed by atoms with van der Waals surface area (Å²) in [5.74, 6) is 2.13. The minimum Gasteiger partial charge on any atom is -0.334 e. The van der Waals surface area contributed by atoms with Crippen molar-refractivity contribution in [1.29, 1.82) is 0 Å². The van der Waals surface area contributed by atoms with Crippen LogP contribution in [-0.2, 0) is 0 Å². The Balaban J connectivity index is 0.00000156. The number of rotatable bonds is 2. The molecule has 0 bridgehead atoms. The molecule has 0 spiro atoms. The normalized spacial score (nSPS) is 15.9. The van der Waals surface area contributed by atoms with E-state index in [1.165, 1.54) is 0 Å². The lowest BCUT2D eigenvalue weighted by atomic mass is 10.2. The molecule has 0 fully saturated rings. The zero-order chi connectivity index (χ0) is 15.3. The molecule has 4 rings (SSSR count). The number of fused-ring (bicyclic) bond motifs is 3. The molecule has 0 atom stereocenters. The summed E-state index contributed by atoms with van der Waals surface area (Å²) in [7, 11) is 0. The number of aromatic amines is 1. The van der Waals surface area contributed by atoms with E-state index < -0.39 is 0 Å². The molecule has 23 heavy (non-hydrogen) atoms. The smallest absolute Gasteiger partial charge is 0.331 e. The molecule has 0 saturated heterocycles. The Labute approximate surface area is 148 Å². The molecule has 120 valence electrons. The molecular formula is C15H15BrClN5O. The molecule has 0 radical (unpaired) electrons. The maximum atomic E-state index is 12.5. The number of imidazole rings is 1. The van der Waals surface area contributed by atoms with Crippen molar-refractivity contribution in [2.45, 2.75) is 6.92 Å². The lowest BCUT2D eigenvalue weighted by molar-refractivity contribution is 0.229. The second-order valence-electron chi connectivity index (χ2n) is 5.17. The van der Waals surface area contributed by atoms with Crippen molar-refractivity contribution in [2.24, 2.45) is 4.99 Å². The number of nitrogens with one attached hydrogen (secondary N) is 1. The number of carbonyl (C=O) groups excluding carboxylic acids is 1. The highest BCUT2D eigenvalue weighted by molar-refractivity contribution is 9.10. The number of urea groups is 1. The zero-order valence-corrected chi connectivity index (χ0v) is 14.8. The quantitative estimate of drug-likeness (QED) is 0.846. The molecule has 1 N–H and O–H groups in total. The van der Waals surface area contributed by atoms with Gasteiger partial charge in [0, 0.05) is 23.1 Å². The topological polar surface area (TPSA) is 64.6 Å². The first-order valence-corrected chi connectivity index (χ1v) is 7.98. The van der Waals surface area contributed by atoms with Crippen molar-refractivity contribution in [1.82, 2.24) is 14.9 Å².